The molecular formula is C37H42Cl2N4. The van der Waals surface area contributed by atoms with Crippen molar-refractivity contribution in [2.45, 2.75) is 18.5 Å². The second-order valence-electron chi connectivity index (χ2n) is 11.8. The molecule has 6 rings (SSSR count). The van der Waals surface area contributed by atoms with E-state index in [0.29, 0.717) is 0 Å². The lowest BCUT2D eigenvalue weighted by Crippen LogP contribution is -2.49. The number of rotatable bonds is 10. The summed E-state index contributed by atoms with van der Waals surface area (Å²) in [4.78, 5) is 10.6. The van der Waals surface area contributed by atoms with Gasteiger partial charge in [-0.05, 0) is 66.0 Å². The van der Waals surface area contributed by atoms with Crippen LogP contribution in [0, 0.1) is 0 Å². The molecule has 0 radical (unpaired) electrons. The second-order valence-corrected chi connectivity index (χ2v) is 12.7. The van der Waals surface area contributed by atoms with Gasteiger partial charge < -0.3 is 9.80 Å². The molecule has 2 heterocycles. The number of benzene rings is 4. The Labute approximate surface area is 267 Å². The van der Waals surface area contributed by atoms with Crippen molar-refractivity contribution in [3.8, 4) is 0 Å². The minimum absolute atomic E-state index is 0.268. The maximum atomic E-state index is 6.22. The van der Waals surface area contributed by atoms with Gasteiger partial charge in [0.25, 0.3) is 0 Å². The highest BCUT2D eigenvalue weighted by molar-refractivity contribution is 6.30. The summed E-state index contributed by atoms with van der Waals surface area (Å²) in [5.41, 5.74) is 5.33. The summed E-state index contributed by atoms with van der Waals surface area (Å²) < 4.78 is 0. The van der Waals surface area contributed by atoms with E-state index in [4.69, 9.17) is 23.2 Å². The van der Waals surface area contributed by atoms with Gasteiger partial charge in [0.05, 0.1) is 12.1 Å². The highest BCUT2D eigenvalue weighted by Gasteiger charge is 2.28. The maximum Gasteiger partial charge on any atom is 0.0602 e. The lowest BCUT2D eigenvalue weighted by molar-refractivity contribution is 0.0908. The molecule has 4 nitrogen and oxygen atoms in total. The van der Waals surface area contributed by atoms with Crippen LogP contribution in [0.15, 0.2) is 109 Å². The van der Waals surface area contributed by atoms with Crippen LogP contribution in [0.3, 0.4) is 0 Å². The third-order valence-electron chi connectivity index (χ3n) is 9.09. The molecule has 43 heavy (non-hydrogen) atoms. The Kier molecular flexibility index (Phi) is 10.5. The number of piperazine rings is 2. The molecule has 224 valence electrons. The summed E-state index contributed by atoms with van der Waals surface area (Å²) in [6, 6.07) is 39.1. The van der Waals surface area contributed by atoms with Gasteiger partial charge in [-0.15, -0.1) is 0 Å². The highest BCUT2D eigenvalue weighted by Crippen LogP contribution is 2.32. The lowest BCUT2D eigenvalue weighted by Gasteiger charge is -2.41. The first-order chi connectivity index (χ1) is 21.1. The van der Waals surface area contributed by atoms with Gasteiger partial charge in [-0.25, -0.2) is 0 Å². The fraction of sp³-hybridized carbons (Fsp3) is 0.351. The van der Waals surface area contributed by atoms with Gasteiger partial charge in [0.2, 0.25) is 0 Å². The minimum Gasteiger partial charge on any atom is -0.301 e. The Balaban J connectivity index is 0.985. The maximum absolute atomic E-state index is 6.22. The molecule has 4 aromatic carbocycles. The van der Waals surface area contributed by atoms with Crippen LogP contribution in [0.5, 0.6) is 0 Å². The zero-order valence-corrected chi connectivity index (χ0v) is 26.4. The Morgan fingerprint density at radius 2 is 0.744 bits per heavy atom. The van der Waals surface area contributed by atoms with Crippen molar-refractivity contribution in [2.75, 3.05) is 65.4 Å². The molecule has 2 atom stereocenters. The van der Waals surface area contributed by atoms with Crippen LogP contribution in [0.1, 0.15) is 40.8 Å². The second kappa shape index (κ2) is 14.9. The zero-order chi connectivity index (χ0) is 29.4. The van der Waals surface area contributed by atoms with Gasteiger partial charge >= 0.3 is 0 Å². The molecule has 2 saturated heterocycles. The molecule has 2 aliphatic heterocycles. The van der Waals surface area contributed by atoms with Gasteiger partial charge in [0.15, 0.2) is 0 Å². The molecule has 2 fully saturated rings. The Morgan fingerprint density at radius 1 is 0.419 bits per heavy atom. The third-order valence-corrected chi connectivity index (χ3v) is 9.60. The van der Waals surface area contributed by atoms with E-state index >= 15 is 0 Å². The number of halogens is 2. The SMILES string of the molecule is Clc1ccc(C(c2ccccc2)N2CCN(CCCN3CCN(C(c4ccccc4)c4ccc(Cl)cc4)CC3)CC2)cc1. The zero-order valence-electron chi connectivity index (χ0n) is 24.9. The summed E-state index contributed by atoms with van der Waals surface area (Å²) in [6.45, 7) is 11.1. The molecule has 0 spiro atoms. The van der Waals surface area contributed by atoms with Crippen LogP contribution in [0.2, 0.25) is 10.0 Å². The van der Waals surface area contributed by atoms with Crippen LogP contribution in [0.4, 0.5) is 0 Å². The average Bonchev–Trinajstić information content (AvgIpc) is 3.06. The first-order valence-corrected chi connectivity index (χ1v) is 16.4. The fourth-order valence-electron chi connectivity index (χ4n) is 6.80. The topological polar surface area (TPSA) is 13.0 Å². The van der Waals surface area contributed by atoms with E-state index in [2.05, 4.69) is 105 Å². The summed E-state index contributed by atoms with van der Waals surface area (Å²) >= 11 is 12.4. The first-order valence-electron chi connectivity index (χ1n) is 15.7. The van der Waals surface area contributed by atoms with E-state index in [1.54, 1.807) is 0 Å². The number of hydrogen-bond donors (Lipinski definition) is 0. The van der Waals surface area contributed by atoms with E-state index in [0.717, 1.165) is 62.4 Å². The molecule has 0 aromatic heterocycles. The molecule has 6 heteroatoms. The number of hydrogen-bond acceptors (Lipinski definition) is 4. The largest absolute Gasteiger partial charge is 0.301 e. The minimum atomic E-state index is 0.268. The molecule has 0 saturated carbocycles. The summed E-state index contributed by atoms with van der Waals surface area (Å²) in [5, 5.41) is 1.58. The van der Waals surface area contributed by atoms with Crippen molar-refractivity contribution in [1.29, 1.82) is 0 Å². The quantitative estimate of drug-likeness (QED) is 0.184. The Bertz CT molecular complexity index is 1270. The fourth-order valence-corrected chi connectivity index (χ4v) is 7.05. The van der Waals surface area contributed by atoms with Crippen LogP contribution in [-0.2, 0) is 0 Å². The smallest absolute Gasteiger partial charge is 0.0602 e. The normalized spacial score (nSPS) is 18.8. The van der Waals surface area contributed by atoms with Gasteiger partial charge in [-0.2, -0.15) is 0 Å². The monoisotopic (exact) mass is 612 g/mol. The first kappa shape index (κ1) is 30.3. The Hall–Kier alpha value is -2.70. The lowest BCUT2D eigenvalue weighted by atomic mass is 9.96. The Morgan fingerprint density at radius 3 is 1.09 bits per heavy atom. The molecule has 0 amide bonds. The van der Waals surface area contributed by atoms with Crippen LogP contribution >= 0.6 is 23.2 Å². The van der Waals surface area contributed by atoms with Gasteiger partial charge in [-0.3, -0.25) is 9.80 Å². The van der Waals surface area contributed by atoms with Gasteiger partial charge in [0.1, 0.15) is 0 Å². The van der Waals surface area contributed by atoms with Crippen molar-refractivity contribution in [2.24, 2.45) is 0 Å². The molecule has 0 bridgehead atoms. The van der Waals surface area contributed by atoms with Crippen molar-refractivity contribution < 1.29 is 0 Å². The van der Waals surface area contributed by atoms with Crippen molar-refractivity contribution >= 4 is 23.2 Å². The highest BCUT2D eigenvalue weighted by atomic mass is 35.5. The van der Waals surface area contributed by atoms with Gasteiger partial charge in [-0.1, -0.05) is 108 Å². The van der Waals surface area contributed by atoms with E-state index in [1.807, 2.05) is 24.3 Å². The van der Waals surface area contributed by atoms with Crippen LogP contribution < -0.4 is 0 Å². The molecular weight excluding hydrogens is 571 g/mol. The predicted molar refractivity (Wildman–Crippen MR) is 180 cm³/mol. The summed E-state index contributed by atoms with van der Waals surface area (Å²) in [7, 11) is 0. The van der Waals surface area contributed by atoms with E-state index in [9.17, 15) is 0 Å². The molecule has 0 N–H and O–H groups in total. The van der Waals surface area contributed by atoms with Crippen LogP contribution in [0.25, 0.3) is 0 Å². The van der Waals surface area contributed by atoms with E-state index < -0.39 is 0 Å². The van der Waals surface area contributed by atoms with Gasteiger partial charge in [0, 0.05) is 62.4 Å². The van der Waals surface area contributed by atoms with Crippen molar-refractivity contribution in [3.05, 3.63) is 141 Å². The van der Waals surface area contributed by atoms with Crippen LogP contribution in [-0.4, -0.2) is 85.0 Å². The molecule has 2 unspecified atom stereocenters. The molecule has 2 aliphatic rings. The predicted octanol–water partition coefficient (Wildman–Crippen LogP) is 7.50. The molecule has 0 aliphatic carbocycles. The third kappa shape index (κ3) is 7.88. The van der Waals surface area contributed by atoms with Crippen molar-refractivity contribution in [3.63, 3.8) is 0 Å². The molecule has 4 aromatic rings. The summed E-state index contributed by atoms with van der Waals surface area (Å²) in [6.07, 6.45) is 1.22. The van der Waals surface area contributed by atoms with E-state index in [1.165, 1.54) is 41.8 Å². The average molecular weight is 614 g/mol. The summed E-state index contributed by atoms with van der Waals surface area (Å²) in [5.74, 6) is 0. The number of nitrogens with zero attached hydrogens (tertiary/aromatic N) is 4. The van der Waals surface area contributed by atoms with E-state index in [-0.39, 0.29) is 12.1 Å². The van der Waals surface area contributed by atoms with Crippen molar-refractivity contribution in [1.82, 2.24) is 19.6 Å². The standard InChI is InChI=1S/C37H42Cl2N4/c38-34-16-12-32(13-17-34)36(30-8-3-1-4-9-30)42-26-22-40(23-27-42)20-7-21-41-24-28-43(29-25-41)37(31-10-5-2-6-11-31)33-14-18-35(39)19-15-33/h1-6,8-19,36-37H,7,20-29H2.